The Balaban J connectivity index is 2.51. The highest BCUT2D eigenvalue weighted by Crippen LogP contribution is 2.29. The minimum atomic E-state index is -0.803. The Morgan fingerprint density at radius 2 is 2.00 bits per heavy atom. The first-order valence-corrected chi connectivity index (χ1v) is 6.39. The molecule has 2 aromatic rings. The van der Waals surface area contributed by atoms with Crippen molar-refractivity contribution in [1.29, 1.82) is 0 Å². The van der Waals surface area contributed by atoms with E-state index in [0.29, 0.717) is 6.42 Å². The van der Waals surface area contributed by atoms with E-state index in [2.05, 4.69) is 4.57 Å². The highest BCUT2D eigenvalue weighted by atomic mass is 16.4. The normalized spacial score (nSPS) is 11.9. The Morgan fingerprint density at radius 3 is 2.58 bits per heavy atom. The van der Waals surface area contributed by atoms with Crippen LogP contribution in [0.3, 0.4) is 0 Å². The Kier molecular flexibility index (Phi) is 3.27. The van der Waals surface area contributed by atoms with Gasteiger partial charge in [0.15, 0.2) is 0 Å². The van der Waals surface area contributed by atoms with Gasteiger partial charge in [0, 0.05) is 29.6 Å². The van der Waals surface area contributed by atoms with E-state index in [1.807, 2.05) is 19.1 Å². The lowest BCUT2D eigenvalue weighted by atomic mass is 9.88. The number of carbonyl (C=O) groups is 1. The molecule has 1 heterocycles. The van der Waals surface area contributed by atoms with Gasteiger partial charge in [-0.2, -0.15) is 0 Å². The molecule has 0 saturated heterocycles. The summed E-state index contributed by atoms with van der Waals surface area (Å²) in [6, 6.07) is 7.19. The minimum Gasteiger partial charge on any atom is -0.508 e. The van der Waals surface area contributed by atoms with Crippen molar-refractivity contribution >= 4 is 16.9 Å². The highest BCUT2D eigenvalue weighted by Gasteiger charge is 2.29. The van der Waals surface area contributed by atoms with Crippen molar-refractivity contribution in [2.24, 2.45) is 5.41 Å². The van der Waals surface area contributed by atoms with E-state index < -0.39 is 11.4 Å². The number of phenols is 1. The molecule has 1 aromatic heterocycles. The molecule has 4 nitrogen and oxygen atoms in total. The molecular weight excluding hydrogens is 242 g/mol. The van der Waals surface area contributed by atoms with Crippen molar-refractivity contribution in [2.75, 3.05) is 0 Å². The van der Waals surface area contributed by atoms with E-state index in [-0.39, 0.29) is 5.75 Å². The van der Waals surface area contributed by atoms with Crippen LogP contribution in [-0.4, -0.2) is 20.7 Å². The van der Waals surface area contributed by atoms with Crippen LogP contribution in [-0.2, 0) is 17.8 Å². The fourth-order valence-corrected chi connectivity index (χ4v) is 2.36. The molecule has 0 aliphatic carbocycles. The molecule has 0 bridgehead atoms. The zero-order chi connectivity index (χ0) is 14.2. The van der Waals surface area contributed by atoms with Crippen molar-refractivity contribution < 1.29 is 15.0 Å². The lowest BCUT2D eigenvalue weighted by molar-refractivity contribution is -0.146. The summed E-state index contributed by atoms with van der Waals surface area (Å²) in [5.41, 5.74) is 1.20. The number of hydrogen-bond donors (Lipinski definition) is 2. The topological polar surface area (TPSA) is 62.5 Å². The number of fused-ring (bicyclic) bond motifs is 1. The molecule has 0 amide bonds. The summed E-state index contributed by atoms with van der Waals surface area (Å²) in [5, 5.41) is 19.7. The molecule has 0 aliphatic rings. The van der Waals surface area contributed by atoms with E-state index >= 15 is 0 Å². The Morgan fingerprint density at radius 1 is 1.32 bits per heavy atom. The SMILES string of the molecule is CCn1c(CC(C)(C)C(=O)O)cc2cc(O)ccc21. The van der Waals surface area contributed by atoms with Crippen LogP contribution in [0.15, 0.2) is 24.3 Å². The predicted octanol–water partition coefficient (Wildman–Crippen LogP) is 3.02. The number of aromatic nitrogens is 1. The van der Waals surface area contributed by atoms with Crippen LogP contribution in [0.5, 0.6) is 5.75 Å². The standard InChI is InChI=1S/C15H19NO3/c1-4-16-11(9-15(2,3)14(18)19)7-10-8-12(17)5-6-13(10)16/h5-8,17H,4,9H2,1-3H3,(H,18,19). The van der Waals surface area contributed by atoms with Crippen LogP contribution in [0.25, 0.3) is 10.9 Å². The first-order valence-electron chi connectivity index (χ1n) is 6.39. The van der Waals surface area contributed by atoms with Gasteiger partial charge in [0.1, 0.15) is 5.75 Å². The number of aryl methyl sites for hydroxylation is 1. The van der Waals surface area contributed by atoms with Gasteiger partial charge >= 0.3 is 5.97 Å². The third kappa shape index (κ3) is 2.43. The zero-order valence-corrected chi connectivity index (χ0v) is 11.5. The van der Waals surface area contributed by atoms with Crippen LogP contribution in [0.1, 0.15) is 26.5 Å². The summed E-state index contributed by atoms with van der Waals surface area (Å²) >= 11 is 0. The summed E-state index contributed by atoms with van der Waals surface area (Å²) in [6.45, 7) is 6.26. The van der Waals surface area contributed by atoms with Crippen LogP contribution >= 0.6 is 0 Å². The molecule has 2 rings (SSSR count). The van der Waals surface area contributed by atoms with Gasteiger partial charge in [-0.3, -0.25) is 4.79 Å². The number of rotatable bonds is 4. The van der Waals surface area contributed by atoms with Crippen molar-refractivity contribution in [2.45, 2.75) is 33.7 Å². The number of benzene rings is 1. The van der Waals surface area contributed by atoms with Gasteiger partial charge < -0.3 is 14.8 Å². The van der Waals surface area contributed by atoms with Crippen LogP contribution in [0.2, 0.25) is 0 Å². The minimum absolute atomic E-state index is 0.227. The highest BCUT2D eigenvalue weighted by molar-refractivity contribution is 5.83. The summed E-state index contributed by atoms with van der Waals surface area (Å²) in [7, 11) is 0. The lowest BCUT2D eigenvalue weighted by Gasteiger charge is -2.20. The fraction of sp³-hybridized carbons (Fsp3) is 0.400. The van der Waals surface area contributed by atoms with E-state index in [1.165, 1.54) is 0 Å². The van der Waals surface area contributed by atoms with E-state index in [0.717, 1.165) is 23.1 Å². The maximum absolute atomic E-state index is 11.2. The quantitative estimate of drug-likeness (QED) is 0.889. The summed E-state index contributed by atoms with van der Waals surface area (Å²) in [6.07, 6.45) is 0.464. The van der Waals surface area contributed by atoms with Crippen molar-refractivity contribution in [3.63, 3.8) is 0 Å². The third-order valence-corrected chi connectivity index (χ3v) is 3.49. The Hall–Kier alpha value is -1.97. The number of nitrogens with zero attached hydrogens (tertiary/aromatic N) is 1. The zero-order valence-electron chi connectivity index (χ0n) is 11.5. The number of aliphatic carboxylic acids is 1. The molecule has 4 heteroatoms. The molecule has 19 heavy (non-hydrogen) atoms. The summed E-state index contributed by atoms with van der Waals surface area (Å²) in [4.78, 5) is 11.2. The molecule has 0 radical (unpaired) electrons. The first kappa shape index (κ1) is 13.5. The molecule has 102 valence electrons. The van der Waals surface area contributed by atoms with Gasteiger partial charge in [-0.15, -0.1) is 0 Å². The Labute approximate surface area is 112 Å². The van der Waals surface area contributed by atoms with E-state index in [4.69, 9.17) is 0 Å². The summed E-state index contributed by atoms with van der Waals surface area (Å²) in [5.74, 6) is -0.576. The fourth-order valence-electron chi connectivity index (χ4n) is 2.36. The smallest absolute Gasteiger partial charge is 0.309 e. The van der Waals surface area contributed by atoms with Gasteiger partial charge in [-0.1, -0.05) is 0 Å². The van der Waals surface area contributed by atoms with Crippen molar-refractivity contribution in [3.05, 3.63) is 30.0 Å². The number of carboxylic acids is 1. The molecular formula is C15H19NO3. The Bertz CT molecular complexity index is 626. The molecule has 0 saturated carbocycles. The van der Waals surface area contributed by atoms with Gasteiger partial charge in [-0.25, -0.2) is 0 Å². The van der Waals surface area contributed by atoms with Crippen LogP contribution in [0, 0.1) is 5.41 Å². The second-order valence-electron chi connectivity index (χ2n) is 5.49. The van der Waals surface area contributed by atoms with Gasteiger partial charge in [0.05, 0.1) is 5.41 Å². The third-order valence-electron chi connectivity index (χ3n) is 3.49. The molecule has 1 aromatic carbocycles. The van der Waals surface area contributed by atoms with Crippen molar-refractivity contribution in [3.8, 4) is 5.75 Å². The van der Waals surface area contributed by atoms with Gasteiger partial charge in [-0.05, 0) is 45.0 Å². The maximum Gasteiger partial charge on any atom is 0.309 e. The second-order valence-corrected chi connectivity index (χ2v) is 5.49. The predicted molar refractivity (Wildman–Crippen MR) is 74.4 cm³/mol. The van der Waals surface area contributed by atoms with E-state index in [1.54, 1.807) is 26.0 Å². The van der Waals surface area contributed by atoms with Crippen LogP contribution < -0.4 is 0 Å². The van der Waals surface area contributed by atoms with Gasteiger partial charge in [0.25, 0.3) is 0 Å². The maximum atomic E-state index is 11.2. The average molecular weight is 261 g/mol. The largest absolute Gasteiger partial charge is 0.508 e. The molecule has 0 unspecified atom stereocenters. The molecule has 0 aliphatic heterocycles. The van der Waals surface area contributed by atoms with Crippen molar-refractivity contribution in [1.82, 2.24) is 4.57 Å². The van der Waals surface area contributed by atoms with Crippen LogP contribution in [0.4, 0.5) is 0 Å². The monoisotopic (exact) mass is 261 g/mol. The molecule has 0 fully saturated rings. The number of aromatic hydroxyl groups is 1. The summed E-state index contributed by atoms with van der Waals surface area (Å²) < 4.78 is 2.10. The lowest BCUT2D eigenvalue weighted by Crippen LogP contribution is -2.27. The molecule has 2 N–H and O–H groups in total. The second kappa shape index (κ2) is 4.61. The average Bonchev–Trinajstić information content (AvgIpc) is 2.64. The molecule has 0 spiro atoms. The van der Waals surface area contributed by atoms with Gasteiger partial charge in [0.2, 0.25) is 0 Å². The number of phenolic OH excluding ortho intramolecular Hbond substituents is 1. The van der Waals surface area contributed by atoms with E-state index in [9.17, 15) is 15.0 Å². The number of hydrogen-bond acceptors (Lipinski definition) is 2. The first-order chi connectivity index (χ1) is 8.85. The number of carboxylic acid groups (broad SMARTS) is 1. The molecule has 0 atom stereocenters.